The zero-order valence-corrected chi connectivity index (χ0v) is 9.86. The average molecular weight is 253 g/mol. The highest BCUT2D eigenvalue weighted by molar-refractivity contribution is 5.21. The third-order valence-corrected chi connectivity index (χ3v) is 2.53. The maximum atomic E-state index is 13.0. The van der Waals surface area contributed by atoms with Gasteiger partial charge in [0.1, 0.15) is 11.6 Å². The molecule has 2 N–H and O–H groups in total. The predicted octanol–water partition coefficient (Wildman–Crippen LogP) is 2.35. The summed E-state index contributed by atoms with van der Waals surface area (Å²) in [5, 5.41) is 3.73. The first kappa shape index (κ1) is 12.6. The number of aromatic nitrogens is 2. The summed E-state index contributed by atoms with van der Waals surface area (Å²) in [6.45, 7) is 1.90. The van der Waals surface area contributed by atoms with Gasteiger partial charge < -0.3 is 10.3 Å². The van der Waals surface area contributed by atoms with Gasteiger partial charge >= 0.3 is 0 Å². The molecule has 0 unspecified atom stereocenters. The van der Waals surface area contributed by atoms with Crippen molar-refractivity contribution in [2.45, 2.75) is 25.8 Å². The number of nitrogens with zero attached hydrogens (tertiary/aromatic N) is 2. The third-order valence-electron chi connectivity index (χ3n) is 2.53. The zero-order valence-electron chi connectivity index (χ0n) is 9.86. The lowest BCUT2D eigenvalue weighted by Gasteiger charge is -1.99. The van der Waals surface area contributed by atoms with Gasteiger partial charge in [0.15, 0.2) is 5.82 Å². The van der Waals surface area contributed by atoms with Crippen LogP contribution < -0.4 is 5.73 Å². The molecule has 4 nitrogen and oxygen atoms in total. The monoisotopic (exact) mass is 253 g/mol. The van der Waals surface area contributed by atoms with Crippen molar-refractivity contribution in [2.75, 3.05) is 0 Å². The summed E-state index contributed by atoms with van der Waals surface area (Å²) in [5.74, 6) is -0.554. The largest absolute Gasteiger partial charge is 0.338 e. The van der Waals surface area contributed by atoms with Gasteiger partial charge in [-0.05, 0) is 24.1 Å². The van der Waals surface area contributed by atoms with Gasteiger partial charge in [-0.25, -0.2) is 8.78 Å². The Labute approximate surface area is 103 Å². The van der Waals surface area contributed by atoms with Crippen molar-refractivity contribution in [2.24, 2.45) is 5.73 Å². The van der Waals surface area contributed by atoms with E-state index in [9.17, 15) is 8.78 Å². The third kappa shape index (κ3) is 2.89. The average Bonchev–Trinajstić information content (AvgIpc) is 2.75. The summed E-state index contributed by atoms with van der Waals surface area (Å²) in [6.07, 6.45) is 0.880. The van der Waals surface area contributed by atoms with E-state index in [1.165, 1.54) is 12.1 Å². The standard InChI is InChI=1S/C12H13F2N3O/c1-2-10(15)12-16-11(17-18-12)5-7-3-8(13)6-9(14)4-7/h3-4,6,10H,2,5,15H2,1H3/t10-/m1/s1. The molecule has 1 heterocycles. The Morgan fingerprint density at radius 3 is 2.56 bits per heavy atom. The van der Waals surface area contributed by atoms with Crippen LogP contribution in [0.5, 0.6) is 0 Å². The second-order valence-electron chi connectivity index (χ2n) is 4.02. The minimum Gasteiger partial charge on any atom is -0.338 e. The molecule has 0 saturated carbocycles. The van der Waals surface area contributed by atoms with E-state index in [1.807, 2.05) is 6.92 Å². The molecule has 0 amide bonds. The van der Waals surface area contributed by atoms with E-state index >= 15 is 0 Å². The molecule has 1 aromatic heterocycles. The van der Waals surface area contributed by atoms with Crippen LogP contribution >= 0.6 is 0 Å². The van der Waals surface area contributed by atoms with Crippen LogP contribution in [0.1, 0.15) is 36.7 Å². The lowest BCUT2D eigenvalue weighted by molar-refractivity contribution is 0.348. The molecule has 18 heavy (non-hydrogen) atoms. The van der Waals surface area contributed by atoms with Gasteiger partial charge in [0.05, 0.1) is 6.04 Å². The van der Waals surface area contributed by atoms with Crippen molar-refractivity contribution in [3.63, 3.8) is 0 Å². The predicted molar refractivity (Wildman–Crippen MR) is 60.7 cm³/mol. The zero-order chi connectivity index (χ0) is 13.1. The molecular weight excluding hydrogens is 240 g/mol. The topological polar surface area (TPSA) is 64.9 Å². The molecule has 0 aliphatic carbocycles. The molecule has 0 spiro atoms. The number of rotatable bonds is 4. The first-order valence-corrected chi connectivity index (χ1v) is 5.61. The summed E-state index contributed by atoms with van der Waals surface area (Å²) in [7, 11) is 0. The van der Waals surface area contributed by atoms with Gasteiger partial charge in [-0.15, -0.1) is 0 Å². The summed E-state index contributed by atoms with van der Waals surface area (Å²) in [5.41, 5.74) is 6.18. The van der Waals surface area contributed by atoms with E-state index in [0.29, 0.717) is 23.7 Å². The first-order valence-electron chi connectivity index (χ1n) is 5.61. The Balaban J connectivity index is 2.16. The molecule has 0 aliphatic heterocycles. The Morgan fingerprint density at radius 2 is 1.94 bits per heavy atom. The highest BCUT2D eigenvalue weighted by atomic mass is 19.1. The Hall–Kier alpha value is -1.82. The van der Waals surface area contributed by atoms with Crippen molar-refractivity contribution >= 4 is 0 Å². The number of hydrogen-bond donors (Lipinski definition) is 1. The Kier molecular flexibility index (Phi) is 3.66. The molecule has 0 saturated heterocycles. The van der Waals surface area contributed by atoms with Crippen LogP contribution in [0.4, 0.5) is 8.78 Å². The van der Waals surface area contributed by atoms with Crippen LogP contribution in [-0.2, 0) is 6.42 Å². The molecule has 0 bridgehead atoms. The van der Waals surface area contributed by atoms with E-state index in [0.717, 1.165) is 6.07 Å². The summed E-state index contributed by atoms with van der Waals surface area (Å²) in [6, 6.07) is 2.98. The summed E-state index contributed by atoms with van der Waals surface area (Å²) >= 11 is 0. The van der Waals surface area contributed by atoms with Crippen LogP contribution in [0.2, 0.25) is 0 Å². The normalized spacial score (nSPS) is 12.7. The number of benzene rings is 1. The molecule has 0 aliphatic rings. The molecular formula is C12H13F2N3O. The first-order chi connectivity index (χ1) is 8.58. The summed E-state index contributed by atoms with van der Waals surface area (Å²) in [4.78, 5) is 4.09. The van der Waals surface area contributed by atoms with Crippen molar-refractivity contribution in [1.82, 2.24) is 10.1 Å². The second kappa shape index (κ2) is 5.22. The highest BCUT2D eigenvalue weighted by Gasteiger charge is 2.13. The van der Waals surface area contributed by atoms with E-state index in [4.69, 9.17) is 10.3 Å². The molecule has 96 valence electrons. The van der Waals surface area contributed by atoms with Crippen molar-refractivity contribution < 1.29 is 13.3 Å². The van der Waals surface area contributed by atoms with Gasteiger partial charge in [-0.3, -0.25) is 0 Å². The van der Waals surface area contributed by atoms with E-state index in [-0.39, 0.29) is 12.5 Å². The maximum Gasteiger partial charge on any atom is 0.243 e. The molecule has 1 atom stereocenters. The van der Waals surface area contributed by atoms with Gasteiger partial charge in [-0.1, -0.05) is 12.1 Å². The molecule has 6 heteroatoms. The fraction of sp³-hybridized carbons (Fsp3) is 0.333. The Morgan fingerprint density at radius 1 is 1.28 bits per heavy atom. The van der Waals surface area contributed by atoms with E-state index < -0.39 is 11.6 Å². The van der Waals surface area contributed by atoms with Gasteiger partial charge in [0.25, 0.3) is 0 Å². The quantitative estimate of drug-likeness (QED) is 0.908. The number of halogens is 2. The lowest BCUT2D eigenvalue weighted by atomic mass is 10.1. The van der Waals surface area contributed by atoms with Crippen molar-refractivity contribution in [3.8, 4) is 0 Å². The smallest absolute Gasteiger partial charge is 0.243 e. The van der Waals surface area contributed by atoms with E-state index in [1.54, 1.807) is 0 Å². The van der Waals surface area contributed by atoms with Crippen LogP contribution in [0, 0.1) is 11.6 Å². The second-order valence-corrected chi connectivity index (χ2v) is 4.02. The number of nitrogens with two attached hydrogens (primary N) is 1. The van der Waals surface area contributed by atoms with Crippen molar-refractivity contribution in [3.05, 3.63) is 47.1 Å². The van der Waals surface area contributed by atoms with E-state index in [2.05, 4.69) is 10.1 Å². The van der Waals surface area contributed by atoms with Crippen LogP contribution in [0.3, 0.4) is 0 Å². The molecule has 2 rings (SSSR count). The van der Waals surface area contributed by atoms with Gasteiger partial charge in [0.2, 0.25) is 5.89 Å². The minimum atomic E-state index is -0.626. The van der Waals surface area contributed by atoms with Crippen LogP contribution in [0.15, 0.2) is 22.7 Å². The van der Waals surface area contributed by atoms with Gasteiger partial charge in [0, 0.05) is 12.5 Å². The Bertz CT molecular complexity index is 522. The molecule has 1 aromatic carbocycles. The number of hydrogen-bond acceptors (Lipinski definition) is 4. The summed E-state index contributed by atoms with van der Waals surface area (Å²) < 4.78 is 31.0. The molecule has 2 aromatic rings. The SMILES string of the molecule is CC[C@@H](N)c1nc(Cc2cc(F)cc(F)c2)no1. The van der Waals surface area contributed by atoms with Gasteiger partial charge in [-0.2, -0.15) is 4.98 Å². The fourth-order valence-corrected chi connectivity index (χ4v) is 1.56. The fourth-order valence-electron chi connectivity index (χ4n) is 1.56. The molecule has 0 fully saturated rings. The van der Waals surface area contributed by atoms with Crippen molar-refractivity contribution in [1.29, 1.82) is 0 Å². The minimum absolute atomic E-state index is 0.203. The maximum absolute atomic E-state index is 13.0. The lowest BCUT2D eigenvalue weighted by Crippen LogP contribution is -2.09. The highest BCUT2D eigenvalue weighted by Crippen LogP contribution is 2.14. The van der Waals surface area contributed by atoms with Crippen LogP contribution in [0.25, 0.3) is 0 Å². The molecule has 0 radical (unpaired) electrons. The van der Waals surface area contributed by atoms with Crippen LogP contribution in [-0.4, -0.2) is 10.1 Å².